The Morgan fingerprint density at radius 3 is 2.71 bits per heavy atom. The van der Waals surface area contributed by atoms with Gasteiger partial charge in [0.2, 0.25) is 0 Å². The molecule has 1 N–H and O–H groups in total. The second-order valence-electron chi connectivity index (χ2n) is 7.48. The molecule has 0 atom stereocenters. The third-order valence-corrected chi connectivity index (χ3v) is 5.64. The highest BCUT2D eigenvalue weighted by molar-refractivity contribution is 5.76. The number of likely N-dealkylation sites (tertiary alicyclic amines) is 1. The summed E-state index contributed by atoms with van der Waals surface area (Å²) >= 11 is 0. The molecular formula is C22H27N5O. The van der Waals surface area contributed by atoms with Crippen LogP contribution >= 0.6 is 0 Å². The van der Waals surface area contributed by atoms with Crippen LogP contribution in [0.5, 0.6) is 0 Å². The van der Waals surface area contributed by atoms with E-state index in [0.717, 1.165) is 49.4 Å². The fraction of sp³-hybridized carbons (Fsp3) is 0.409. The number of amides is 2. The van der Waals surface area contributed by atoms with E-state index in [-0.39, 0.29) is 6.03 Å². The highest BCUT2D eigenvalue weighted by atomic mass is 16.2. The molecule has 0 spiro atoms. The first kappa shape index (κ1) is 18.5. The quantitative estimate of drug-likeness (QED) is 0.755. The number of imidazole rings is 1. The molecular weight excluding hydrogens is 350 g/mol. The molecule has 1 aromatic carbocycles. The van der Waals surface area contributed by atoms with E-state index >= 15 is 0 Å². The summed E-state index contributed by atoms with van der Waals surface area (Å²) in [4.78, 5) is 23.5. The van der Waals surface area contributed by atoms with Crippen molar-refractivity contribution >= 4 is 17.1 Å². The number of fused-ring (bicyclic) bond motifs is 1. The van der Waals surface area contributed by atoms with Crippen LogP contribution in [0.3, 0.4) is 0 Å². The van der Waals surface area contributed by atoms with Gasteiger partial charge in [-0.15, -0.1) is 0 Å². The maximum Gasteiger partial charge on any atom is 0.317 e. The molecule has 1 fully saturated rings. The summed E-state index contributed by atoms with van der Waals surface area (Å²) in [5.74, 6) is 1.05. The Morgan fingerprint density at radius 1 is 1.14 bits per heavy atom. The van der Waals surface area contributed by atoms with Crippen molar-refractivity contribution in [2.45, 2.75) is 39.2 Å². The van der Waals surface area contributed by atoms with Gasteiger partial charge in [0.25, 0.3) is 0 Å². The third kappa shape index (κ3) is 3.72. The van der Waals surface area contributed by atoms with Crippen LogP contribution in [0.4, 0.5) is 4.79 Å². The predicted molar refractivity (Wildman–Crippen MR) is 110 cm³/mol. The topological polar surface area (TPSA) is 63.1 Å². The first-order valence-electron chi connectivity index (χ1n) is 10.0. The zero-order valence-electron chi connectivity index (χ0n) is 16.6. The third-order valence-electron chi connectivity index (χ3n) is 5.64. The van der Waals surface area contributed by atoms with Gasteiger partial charge in [0.05, 0.1) is 11.0 Å². The summed E-state index contributed by atoms with van der Waals surface area (Å²) in [5, 5.41) is 3.05. The second-order valence-corrected chi connectivity index (χ2v) is 7.48. The average Bonchev–Trinajstić information content (AvgIpc) is 3.05. The number of hydrogen-bond acceptors (Lipinski definition) is 3. The Bertz CT molecular complexity index is 972. The van der Waals surface area contributed by atoms with E-state index in [4.69, 9.17) is 0 Å². The summed E-state index contributed by atoms with van der Waals surface area (Å²) < 4.78 is 2.34. The highest BCUT2D eigenvalue weighted by Crippen LogP contribution is 2.28. The predicted octanol–water partition coefficient (Wildman–Crippen LogP) is 3.64. The van der Waals surface area contributed by atoms with Gasteiger partial charge >= 0.3 is 6.03 Å². The zero-order chi connectivity index (χ0) is 19.5. The Balaban J connectivity index is 1.32. The lowest BCUT2D eigenvalue weighted by Crippen LogP contribution is -2.45. The number of aryl methyl sites for hydroxylation is 2. The van der Waals surface area contributed by atoms with Crippen molar-refractivity contribution in [1.29, 1.82) is 0 Å². The lowest BCUT2D eigenvalue weighted by Gasteiger charge is -2.33. The van der Waals surface area contributed by atoms with Crippen LogP contribution in [-0.4, -0.2) is 45.1 Å². The molecule has 3 heterocycles. The zero-order valence-corrected chi connectivity index (χ0v) is 16.6. The Morgan fingerprint density at radius 2 is 1.93 bits per heavy atom. The number of rotatable bonds is 4. The molecule has 0 aliphatic carbocycles. The number of benzene rings is 1. The van der Waals surface area contributed by atoms with Crippen molar-refractivity contribution in [2.24, 2.45) is 0 Å². The summed E-state index contributed by atoms with van der Waals surface area (Å²) in [6.45, 7) is 6.27. The van der Waals surface area contributed by atoms with Crippen LogP contribution < -0.4 is 5.32 Å². The molecule has 1 aliphatic heterocycles. The Kier molecular flexibility index (Phi) is 5.28. The molecule has 2 aromatic heterocycles. The molecule has 6 nitrogen and oxygen atoms in total. The largest absolute Gasteiger partial charge is 0.338 e. The van der Waals surface area contributed by atoms with Crippen molar-refractivity contribution in [3.8, 4) is 0 Å². The number of aromatic nitrogens is 3. The number of pyridine rings is 1. The van der Waals surface area contributed by atoms with Crippen molar-refractivity contribution in [3.05, 3.63) is 59.7 Å². The van der Waals surface area contributed by atoms with Gasteiger partial charge in [-0.1, -0.05) is 18.2 Å². The van der Waals surface area contributed by atoms with Gasteiger partial charge in [-0.3, -0.25) is 4.98 Å². The van der Waals surface area contributed by atoms with Crippen LogP contribution in [0, 0.1) is 13.8 Å². The fourth-order valence-electron chi connectivity index (χ4n) is 4.13. The van der Waals surface area contributed by atoms with Crippen molar-refractivity contribution in [3.63, 3.8) is 0 Å². The van der Waals surface area contributed by atoms with Crippen molar-refractivity contribution < 1.29 is 4.79 Å². The molecule has 3 aromatic rings. The molecule has 2 amide bonds. The van der Waals surface area contributed by atoms with E-state index in [9.17, 15) is 4.79 Å². The molecule has 0 radical (unpaired) electrons. The number of urea groups is 1. The van der Waals surface area contributed by atoms with Gasteiger partial charge in [0, 0.05) is 44.0 Å². The molecule has 4 rings (SSSR count). The summed E-state index contributed by atoms with van der Waals surface area (Å²) in [7, 11) is 0. The van der Waals surface area contributed by atoms with E-state index < -0.39 is 0 Å². The van der Waals surface area contributed by atoms with Crippen LogP contribution in [0.1, 0.15) is 36.0 Å². The number of para-hydroxylation sites is 2. The number of hydrogen-bond donors (Lipinski definition) is 1. The van der Waals surface area contributed by atoms with E-state index in [1.807, 2.05) is 17.0 Å². The van der Waals surface area contributed by atoms with E-state index in [1.165, 1.54) is 11.1 Å². The average molecular weight is 377 g/mol. The molecule has 146 valence electrons. The van der Waals surface area contributed by atoms with Crippen LogP contribution in [0.15, 0.2) is 42.6 Å². The number of piperidine rings is 1. The molecule has 6 heteroatoms. The maximum atomic E-state index is 12.5. The van der Waals surface area contributed by atoms with Gasteiger partial charge in [-0.2, -0.15) is 0 Å². The monoisotopic (exact) mass is 377 g/mol. The summed E-state index contributed by atoms with van der Waals surface area (Å²) in [6.07, 6.45) is 4.47. The van der Waals surface area contributed by atoms with Crippen LogP contribution in [-0.2, 0) is 6.42 Å². The minimum Gasteiger partial charge on any atom is -0.338 e. The van der Waals surface area contributed by atoms with Gasteiger partial charge in [-0.25, -0.2) is 9.78 Å². The molecule has 1 saturated heterocycles. The minimum absolute atomic E-state index is 0.0271. The normalized spacial score (nSPS) is 15.1. The lowest BCUT2D eigenvalue weighted by atomic mass is 10.0. The Hall–Kier alpha value is -2.89. The van der Waals surface area contributed by atoms with Crippen molar-refractivity contribution in [2.75, 3.05) is 19.6 Å². The molecule has 0 bridgehead atoms. The molecule has 1 aliphatic rings. The smallest absolute Gasteiger partial charge is 0.317 e. The fourth-order valence-corrected chi connectivity index (χ4v) is 4.13. The van der Waals surface area contributed by atoms with Gasteiger partial charge in [-0.05, 0) is 50.5 Å². The van der Waals surface area contributed by atoms with Crippen LogP contribution in [0.25, 0.3) is 11.0 Å². The van der Waals surface area contributed by atoms with E-state index in [2.05, 4.69) is 58.0 Å². The lowest BCUT2D eigenvalue weighted by molar-refractivity contribution is 0.172. The van der Waals surface area contributed by atoms with E-state index in [0.29, 0.717) is 12.6 Å². The first-order chi connectivity index (χ1) is 13.6. The summed E-state index contributed by atoms with van der Waals surface area (Å²) in [5.41, 5.74) is 4.45. The standard InChI is InChI=1S/C22H27N5O/c1-16-6-5-12-23-19(16)9-13-24-22(28)26-14-10-18(11-15-26)27-17(2)25-20-7-3-4-8-21(20)27/h3-8,12,18H,9-11,13-15H2,1-2H3,(H,24,28). The van der Waals surface area contributed by atoms with Crippen LogP contribution in [0.2, 0.25) is 0 Å². The number of carbonyl (C=O) groups is 1. The van der Waals surface area contributed by atoms with E-state index in [1.54, 1.807) is 6.20 Å². The Labute approximate surface area is 165 Å². The highest BCUT2D eigenvalue weighted by Gasteiger charge is 2.25. The SMILES string of the molecule is Cc1cccnc1CCNC(=O)N1CCC(n2c(C)nc3ccccc32)CC1. The molecule has 0 unspecified atom stereocenters. The van der Waals surface area contributed by atoms with Gasteiger partial charge < -0.3 is 14.8 Å². The van der Waals surface area contributed by atoms with Gasteiger partial charge in [0.15, 0.2) is 0 Å². The molecule has 0 saturated carbocycles. The van der Waals surface area contributed by atoms with Crippen molar-refractivity contribution in [1.82, 2.24) is 24.8 Å². The number of nitrogens with one attached hydrogen (secondary N) is 1. The van der Waals surface area contributed by atoms with Gasteiger partial charge in [0.1, 0.15) is 5.82 Å². The number of nitrogens with zero attached hydrogens (tertiary/aromatic N) is 4. The second kappa shape index (κ2) is 8.00. The number of carbonyl (C=O) groups excluding carboxylic acids is 1. The first-order valence-corrected chi connectivity index (χ1v) is 10.0. The summed E-state index contributed by atoms with van der Waals surface area (Å²) in [6, 6.07) is 12.7. The minimum atomic E-state index is 0.0271. The molecule has 28 heavy (non-hydrogen) atoms. The maximum absolute atomic E-state index is 12.5.